The molecule has 4 nitrogen and oxygen atoms in total. The quantitative estimate of drug-likeness (QED) is 0.579. The second-order valence-corrected chi connectivity index (χ2v) is 8.31. The van der Waals surface area contributed by atoms with Gasteiger partial charge in [0, 0.05) is 38.3 Å². The molecule has 0 aliphatic carbocycles. The lowest BCUT2D eigenvalue weighted by molar-refractivity contribution is 0.0628. The maximum absolute atomic E-state index is 13.0. The number of benzene rings is 3. The Bertz CT molecular complexity index is 1020. The molecule has 0 aromatic heterocycles. The highest BCUT2D eigenvalue weighted by atomic mass is 16.5. The van der Waals surface area contributed by atoms with Crippen LogP contribution in [0, 0.1) is 13.8 Å². The third kappa shape index (κ3) is 5.53. The number of nitrogens with zero attached hydrogens (tertiary/aromatic N) is 2. The van der Waals surface area contributed by atoms with Crippen LogP contribution in [0.3, 0.4) is 0 Å². The van der Waals surface area contributed by atoms with Crippen molar-refractivity contribution in [3.05, 3.63) is 101 Å². The van der Waals surface area contributed by atoms with Gasteiger partial charge in [-0.3, -0.25) is 9.69 Å². The number of aryl methyl sites for hydroxylation is 2. The zero-order valence-electron chi connectivity index (χ0n) is 18.4. The Balaban J connectivity index is 1.33. The van der Waals surface area contributed by atoms with Crippen molar-refractivity contribution in [1.29, 1.82) is 0 Å². The first kappa shape index (κ1) is 21.1. The molecule has 1 amide bonds. The maximum atomic E-state index is 13.0. The topological polar surface area (TPSA) is 32.8 Å². The summed E-state index contributed by atoms with van der Waals surface area (Å²) in [6.45, 7) is 8.84. The molecular formula is C27H30N2O2. The molecule has 1 heterocycles. The van der Waals surface area contributed by atoms with Crippen molar-refractivity contribution in [2.45, 2.75) is 27.0 Å². The first-order chi connectivity index (χ1) is 15.1. The minimum Gasteiger partial charge on any atom is -0.489 e. The fraction of sp³-hybridized carbons (Fsp3) is 0.296. The van der Waals surface area contributed by atoms with E-state index in [4.69, 9.17) is 4.74 Å². The van der Waals surface area contributed by atoms with Gasteiger partial charge in [-0.25, -0.2) is 0 Å². The standard InChI is InChI=1S/C27H30N2O2/c1-21-11-12-26(22(2)17-21)31-20-24-9-6-10-25(18-24)27(30)29-15-13-28(14-16-29)19-23-7-4-3-5-8-23/h3-12,17-18H,13-16,19-20H2,1-2H3. The van der Waals surface area contributed by atoms with Gasteiger partial charge in [0.25, 0.3) is 5.91 Å². The summed E-state index contributed by atoms with van der Waals surface area (Å²) in [6, 6.07) is 24.5. The van der Waals surface area contributed by atoms with Crippen LogP contribution in [0.15, 0.2) is 72.8 Å². The number of hydrogen-bond donors (Lipinski definition) is 0. The van der Waals surface area contributed by atoms with E-state index in [1.54, 1.807) is 0 Å². The Morgan fingerprint density at radius 1 is 0.839 bits per heavy atom. The van der Waals surface area contributed by atoms with Gasteiger partial charge in [0.15, 0.2) is 0 Å². The average molecular weight is 415 g/mol. The summed E-state index contributed by atoms with van der Waals surface area (Å²) in [5.41, 5.74) is 5.41. The predicted octanol–water partition coefficient (Wildman–Crippen LogP) is 4.84. The molecule has 31 heavy (non-hydrogen) atoms. The van der Waals surface area contributed by atoms with E-state index in [9.17, 15) is 4.79 Å². The number of piperazine rings is 1. The minimum atomic E-state index is 0.104. The molecule has 0 atom stereocenters. The minimum absolute atomic E-state index is 0.104. The number of carbonyl (C=O) groups is 1. The molecule has 3 aromatic rings. The van der Waals surface area contributed by atoms with Crippen molar-refractivity contribution in [3.8, 4) is 5.75 Å². The van der Waals surface area contributed by atoms with Crippen LogP contribution in [0.5, 0.6) is 5.75 Å². The normalized spacial score (nSPS) is 14.5. The van der Waals surface area contributed by atoms with E-state index < -0.39 is 0 Å². The third-order valence-corrected chi connectivity index (χ3v) is 5.81. The molecule has 1 aliphatic heterocycles. The first-order valence-electron chi connectivity index (χ1n) is 10.9. The van der Waals surface area contributed by atoms with E-state index >= 15 is 0 Å². The molecule has 160 valence electrons. The second-order valence-electron chi connectivity index (χ2n) is 8.31. The number of ether oxygens (including phenoxy) is 1. The number of rotatable bonds is 6. The van der Waals surface area contributed by atoms with E-state index in [0.29, 0.717) is 6.61 Å². The third-order valence-electron chi connectivity index (χ3n) is 5.81. The largest absolute Gasteiger partial charge is 0.489 e. The van der Waals surface area contributed by atoms with Crippen molar-refractivity contribution < 1.29 is 9.53 Å². The van der Waals surface area contributed by atoms with Crippen molar-refractivity contribution in [3.63, 3.8) is 0 Å². The Kier molecular flexibility index (Phi) is 6.68. The monoisotopic (exact) mass is 414 g/mol. The molecule has 4 heteroatoms. The van der Waals surface area contributed by atoms with Crippen LogP contribution in [0.1, 0.15) is 32.6 Å². The van der Waals surface area contributed by atoms with Gasteiger partial charge >= 0.3 is 0 Å². The molecule has 1 saturated heterocycles. The first-order valence-corrected chi connectivity index (χ1v) is 10.9. The van der Waals surface area contributed by atoms with Crippen LogP contribution in [0.25, 0.3) is 0 Å². The van der Waals surface area contributed by atoms with Crippen LogP contribution < -0.4 is 4.74 Å². The van der Waals surface area contributed by atoms with Gasteiger partial charge in [-0.15, -0.1) is 0 Å². The molecule has 0 saturated carbocycles. The summed E-state index contributed by atoms with van der Waals surface area (Å²) < 4.78 is 6.00. The van der Waals surface area contributed by atoms with Gasteiger partial charge in [0.1, 0.15) is 12.4 Å². The zero-order valence-corrected chi connectivity index (χ0v) is 18.4. The average Bonchev–Trinajstić information content (AvgIpc) is 2.79. The fourth-order valence-electron chi connectivity index (χ4n) is 4.05. The van der Waals surface area contributed by atoms with Gasteiger partial charge < -0.3 is 9.64 Å². The van der Waals surface area contributed by atoms with Gasteiger partial charge in [-0.05, 0) is 48.7 Å². The maximum Gasteiger partial charge on any atom is 0.253 e. The fourth-order valence-corrected chi connectivity index (χ4v) is 4.05. The Morgan fingerprint density at radius 2 is 1.58 bits per heavy atom. The molecule has 0 N–H and O–H groups in total. The zero-order chi connectivity index (χ0) is 21.6. The molecule has 3 aromatic carbocycles. The Labute approximate surface area is 185 Å². The van der Waals surface area contributed by atoms with E-state index in [2.05, 4.69) is 55.1 Å². The number of hydrogen-bond acceptors (Lipinski definition) is 3. The van der Waals surface area contributed by atoms with E-state index in [1.807, 2.05) is 41.3 Å². The summed E-state index contributed by atoms with van der Waals surface area (Å²) in [4.78, 5) is 17.4. The van der Waals surface area contributed by atoms with Crippen LogP contribution in [-0.2, 0) is 13.2 Å². The molecular weight excluding hydrogens is 384 g/mol. The Hall–Kier alpha value is -3.11. The molecule has 4 rings (SSSR count). The lowest BCUT2D eigenvalue weighted by atomic mass is 10.1. The van der Waals surface area contributed by atoms with Crippen molar-refractivity contribution in [1.82, 2.24) is 9.80 Å². The smallest absolute Gasteiger partial charge is 0.253 e. The summed E-state index contributed by atoms with van der Waals surface area (Å²) >= 11 is 0. The predicted molar refractivity (Wildman–Crippen MR) is 124 cm³/mol. The van der Waals surface area contributed by atoms with E-state index in [1.165, 1.54) is 11.1 Å². The highest BCUT2D eigenvalue weighted by Gasteiger charge is 2.22. The summed E-state index contributed by atoms with van der Waals surface area (Å²) in [7, 11) is 0. The lowest BCUT2D eigenvalue weighted by Crippen LogP contribution is -2.48. The highest BCUT2D eigenvalue weighted by molar-refractivity contribution is 5.94. The molecule has 1 fully saturated rings. The van der Waals surface area contributed by atoms with Gasteiger partial charge in [-0.2, -0.15) is 0 Å². The van der Waals surface area contributed by atoms with Crippen LogP contribution >= 0.6 is 0 Å². The van der Waals surface area contributed by atoms with Crippen molar-refractivity contribution in [2.24, 2.45) is 0 Å². The van der Waals surface area contributed by atoms with E-state index in [-0.39, 0.29) is 5.91 Å². The Morgan fingerprint density at radius 3 is 2.32 bits per heavy atom. The lowest BCUT2D eigenvalue weighted by Gasteiger charge is -2.34. The molecule has 0 unspecified atom stereocenters. The second kappa shape index (κ2) is 9.80. The number of carbonyl (C=O) groups excluding carboxylic acids is 1. The summed E-state index contributed by atoms with van der Waals surface area (Å²) in [5, 5.41) is 0. The van der Waals surface area contributed by atoms with Gasteiger partial charge in [-0.1, -0.05) is 60.2 Å². The SMILES string of the molecule is Cc1ccc(OCc2cccc(C(=O)N3CCN(Cc4ccccc4)CC3)c2)c(C)c1. The highest BCUT2D eigenvalue weighted by Crippen LogP contribution is 2.20. The molecule has 1 aliphatic rings. The van der Waals surface area contributed by atoms with E-state index in [0.717, 1.165) is 55.2 Å². The molecule has 0 spiro atoms. The number of amides is 1. The van der Waals surface area contributed by atoms with Crippen LogP contribution in [0.4, 0.5) is 0 Å². The van der Waals surface area contributed by atoms with Gasteiger partial charge in [0.2, 0.25) is 0 Å². The van der Waals surface area contributed by atoms with Crippen LogP contribution in [0.2, 0.25) is 0 Å². The summed E-state index contributed by atoms with van der Waals surface area (Å²) in [6.07, 6.45) is 0. The molecule has 0 radical (unpaired) electrons. The van der Waals surface area contributed by atoms with Crippen LogP contribution in [-0.4, -0.2) is 41.9 Å². The van der Waals surface area contributed by atoms with Crippen molar-refractivity contribution in [2.75, 3.05) is 26.2 Å². The van der Waals surface area contributed by atoms with Gasteiger partial charge in [0.05, 0.1) is 0 Å². The van der Waals surface area contributed by atoms with Crippen molar-refractivity contribution >= 4 is 5.91 Å². The molecule has 0 bridgehead atoms. The summed E-state index contributed by atoms with van der Waals surface area (Å²) in [5.74, 6) is 0.990.